The predicted octanol–water partition coefficient (Wildman–Crippen LogP) is 3.80. The fraction of sp³-hybridized carbons (Fsp3) is 0.154. The van der Waals surface area contributed by atoms with E-state index in [2.05, 4.69) is 4.98 Å². The number of alkyl halides is 3. The van der Waals surface area contributed by atoms with E-state index in [0.29, 0.717) is 10.6 Å². The molecule has 2 nitrogen and oxygen atoms in total. The second-order valence-corrected chi connectivity index (χ2v) is 4.40. The van der Waals surface area contributed by atoms with Crippen molar-refractivity contribution in [2.75, 3.05) is 0 Å². The molecule has 19 heavy (non-hydrogen) atoms. The molecule has 0 bridgehead atoms. The maximum atomic E-state index is 12.9. The Morgan fingerprint density at radius 2 is 1.74 bits per heavy atom. The highest BCUT2D eigenvalue weighted by atomic mass is 35.5. The van der Waals surface area contributed by atoms with Gasteiger partial charge in [-0.3, -0.25) is 4.98 Å². The van der Waals surface area contributed by atoms with Gasteiger partial charge in [-0.05, 0) is 29.8 Å². The lowest BCUT2D eigenvalue weighted by Crippen LogP contribution is -2.20. The van der Waals surface area contributed by atoms with Gasteiger partial charge in [0.15, 0.2) is 0 Å². The van der Waals surface area contributed by atoms with Gasteiger partial charge in [-0.2, -0.15) is 13.2 Å². The zero-order chi connectivity index (χ0) is 14.0. The quantitative estimate of drug-likeness (QED) is 0.912. The van der Waals surface area contributed by atoms with E-state index < -0.39 is 17.8 Å². The Balaban J connectivity index is 2.44. The Morgan fingerprint density at radius 3 is 2.32 bits per heavy atom. The first-order valence-electron chi connectivity index (χ1n) is 5.43. The number of hydrogen-bond donors (Lipinski definition) is 1. The number of rotatable bonds is 2. The van der Waals surface area contributed by atoms with Gasteiger partial charge in [-0.1, -0.05) is 23.7 Å². The van der Waals surface area contributed by atoms with Crippen molar-refractivity contribution in [3.8, 4) is 0 Å². The Morgan fingerprint density at radius 1 is 1.11 bits per heavy atom. The largest absolute Gasteiger partial charge is 0.418 e. The maximum Gasteiger partial charge on any atom is 0.418 e. The van der Waals surface area contributed by atoms with Crippen molar-refractivity contribution in [1.29, 1.82) is 0 Å². The van der Waals surface area contributed by atoms with E-state index in [1.54, 1.807) is 24.3 Å². The molecule has 100 valence electrons. The molecule has 0 aliphatic heterocycles. The van der Waals surface area contributed by atoms with Gasteiger partial charge in [0.2, 0.25) is 0 Å². The molecular formula is C13H10ClF3N2. The van der Waals surface area contributed by atoms with Crippen LogP contribution in [0.1, 0.15) is 22.9 Å². The summed E-state index contributed by atoms with van der Waals surface area (Å²) in [4.78, 5) is 3.77. The molecule has 1 aromatic heterocycles. The summed E-state index contributed by atoms with van der Waals surface area (Å²) in [6, 6.07) is 7.58. The second kappa shape index (κ2) is 5.19. The van der Waals surface area contributed by atoms with Crippen molar-refractivity contribution >= 4 is 11.6 Å². The SMILES string of the molecule is N[C@@H](c1ccc(Cl)cc1)c1ncccc1C(F)(F)F. The highest BCUT2D eigenvalue weighted by Crippen LogP contribution is 2.34. The molecule has 0 saturated heterocycles. The molecule has 1 atom stereocenters. The van der Waals surface area contributed by atoms with Crippen LogP contribution in [0.3, 0.4) is 0 Å². The van der Waals surface area contributed by atoms with Gasteiger partial charge in [0.05, 0.1) is 17.3 Å². The molecule has 0 radical (unpaired) electrons. The molecule has 0 spiro atoms. The van der Waals surface area contributed by atoms with Crippen molar-refractivity contribution in [2.24, 2.45) is 5.73 Å². The van der Waals surface area contributed by atoms with Crippen LogP contribution in [0.15, 0.2) is 42.6 Å². The van der Waals surface area contributed by atoms with Crippen LogP contribution in [0.5, 0.6) is 0 Å². The normalized spacial score (nSPS) is 13.3. The number of benzene rings is 1. The lowest BCUT2D eigenvalue weighted by atomic mass is 10.00. The van der Waals surface area contributed by atoms with Crippen LogP contribution in [0.2, 0.25) is 5.02 Å². The molecule has 0 aliphatic rings. The molecule has 0 saturated carbocycles. The third-order valence-corrected chi connectivity index (χ3v) is 2.92. The van der Waals surface area contributed by atoms with Gasteiger partial charge in [-0.25, -0.2) is 0 Å². The van der Waals surface area contributed by atoms with Gasteiger partial charge < -0.3 is 5.73 Å². The van der Waals surface area contributed by atoms with Gasteiger partial charge in [-0.15, -0.1) is 0 Å². The van der Waals surface area contributed by atoms with Crippen LogP contribution in [-0.2, 0) is 6.18 Å². The average molecular weight is 287 g/mol. The first-order valence-corrected chi connectivity index (χ1v) is 5.80. The first-order chi connectivity index (χ1) is 8.89. The zero-order valence-corrected chi connectivity index (χ0v) is 10.4. The summed E-state index contributed by atoms with van der Waals surface area (Å²) >= 11 is 5.73. The molecule has 0 unspecified atom stereocenters. The summed E-state index contributed by atoms with van der Waals surface area (Å²) in [5.41, 5.74) is 5.36. The predicted molar refractivity (Wildman–Crippen MR) is 66.7 cm³/mol. The molecule has 1 aromatic carbocycles. The van der Waals surface area contributed by atoms with Crippen LogP contribution < -0.4 is 5.73 Å². The Bertz CT molecular complexity index is 567. The van der Waals surface area contributed by atoms with Gasteiger partial charge in [0.25, 0.3) is 0 Å². The van der Waals surface area contributed by atoms with Crippen molar-refractivity contribution in [3.05, 3.63) is 64.4 Å². The van der Waals surface area contributed by atoms with E-state index in [0.717, 1.165) is 6.07 Å². The van der Waals surface area contributed by atoms with Gasteiger partial charge in [0.1, 0.15) is 0 Å². The summed E-state index contributed by atoms with van der Waals surface area (Å²) < 4.78 is 38.6. The number of nitrogens with zero attached hydrogens (tertiary/aromatic N) is 1. The topological polar surface area (TPSA) is 38.9 Å². The molecule has 0 amide bonds. The molecule has 0 fully saturated rings. The van der Waals surface area contributed by atoms with E-state index in [-0.39, 0.29) is 5.69 Å². The average Bonchev–Trinajstić information content (AvgIpc) is 2.38. The molecule has 2 rings (SSSR count). The monoisotopic (exact) mass is 286 g/mol. The van der Waals surface area contributed by atoms with E-state index in [1.165, 1.54) is 12.3 Å². The maximum absolute atomic E-state index is 12.9. The van der Waals surface area contributed by atoms with E-state index >= 15 is 0 Å². The van der Waals surface area contributed by atoms with E-state index in [1.807, 2.05) is 0 Å². The summed E-state index contributed by atoms with van der Waals surface area (Å²) in [7, 11) is 0. The number of aromatic nitrogens is 1. The van der Waals surface area contributed by atoms with Crippen molar-refractivity contribution in [2.45, 2.75) is 12.2 Å². The molecule has 0 aliphatic carbocycles. The zero-order valence-electron chi connectivity index (χ0n) is 9.66. The minimum Gasteiger partial charge on any atom is -0.319 e. The van der Waals surface area contributed by atoms with Crippen molar-refractivity contribution < 1.29 is 13.2 Å². The molecule has 1 heterocycles. The first kappa shape index (κ1) is 13.8. The van der Waals surface area contributed by atoms with Crippen LogP contribution in [0.25, 0.3) is 0 Å². The van der Waals surface area contributed by atoms with Gasteiger partial charge in [0, 0.05) is 11.2 Å². The van der Waals surface area contributed by atoms with Crippen LogP contribution >= 0.6 is 11.6 Å². The second-order valence-electron chi connectivity index (χ2n) is 3.96. The van der Waals surface area contributed by atoms with Crippen LogP contribution in [0, 0.1) is 0 Å². The Hall–Kier alpha value is -1.59. The summed E-state index contributed by atoms with van der Waals surface area (Å²) in [6.45, 7) is 0. The Kier molecular flexibility index (Phi) is 3.78. The standard InChI is InChI=1S/C13H10ClF3N2/c14-9-5-3-8(4-6-9)11(18)12-10(13(15,16)17)2-1-7-19-12/h1-7,11H,18H2/t11-/m0/s1. The van der Waals surface area contributed by atoms with Gasteiger partial charge >= 0.3 is 6.18 Å². The van der Waals surface area contributed by atoms with Crippen molar-refractivity contribution in [3.63, 3.8) is 0 Å². The third-order valence-electron chi connectivity index (χ3n) is 2.67. The fourth-order valence-electron chi connectivity index (χ4n) is 1.73. The lowest BCUT2D eigenvalue weighted by Gasteiger charge is -2.17. The summed E-state index contributed by atoms with van der Waals surface area (Å²) in [5.74, 6) is 0. The number of hydrogen-bond acceptors (Lipinski definition) is 2. The summed E-state index contributed by atoms with van der Waals surface area (Å²) in [6.07, 6.45) is -3.19. The molecular weight excluding hydrogens is 277 g/mol. The minimum absolute atomic E-state index is 0.197. The van der Waals surface area contributed by atoms with Crippen molar-refractivity contribution in [1.82, 2.24) is 4.98 Å². The smallest absolute Gasteiger partial charge is 0.319 e. The highest BCUT2D eigenvalue weighted by molar-refractivity contribution is 6.30. The molecule has 6 heteroatoms. The number of pyridine rings is 1. The fourth-order valence-corrected chi connectivity index (χ4v) is 1.86. The highest BCUT2D eigenvalue weighted by Gasteiger charge is 2.35. The third kappa shape index (κ3) is 3.05. The number of halogens is 4. The lowest BCUT2D eigenvalue weighted by molar-refractivity contribution is -0.138. The van der Waals surface area contributed by atoms with Crippen LogP contribution in [-0.4, -0.2) is 4.98 Å². The van der Waals surface area contributed by atoms with E-state index in [4.69, 9.17) is 17.3 Å². The van der Waals surface area contributed by atoms with E-state index in [9.17, 15) is 13.2 Å². The Labute approximate surface area is 113 Å². The molecule has 2 N–H and O–H groups in total. The molecule has 2 aromatic rings. The summed E-state index contributed by atoms with van der Waals surface area (Å²) in [5, 5.41) is 0.494. The minimum atomic E-state index is -4.48. The number of nitrogens with two attached hydrogens (primary N) is 1. The van der Waals surface area contributed by atoms with Crippen LogP contribution in [0.4, 0.5) is 13.2 Å².